The summed E-state index contributed by atoms with van der Waals surface area (Å²) in [4.78, 5) is 12.5. The van der Waals surface area contributed by atoms with Crippen molar-refractivity contribution in [3.8, 4) is 0 Å². The first-order chi connectivity index (χ1) is 12.0. The SMILES string of the molecule is Cc1ccc([C@H]2CCCCCN2C[C@H](O)Cn2cc([N+](=O)[O-])cn2)o1. The van der Waals surface area contributed by atoms with Crippen LogP contribution in [0.1, 0.15) is 43.2 Å². The van der Waals surface area contributed by atoms with E-state index in [1.54, 1.807) is 0 Å². The maximum absolute atomic E-state index is 10.7. The fraction of sp³-hybridized carbons (Fsp3) is 0.588. The largest absolute Gasteiger partial charge is 0.465 e. The summed E-state index contributed by atoms with van der Waals surface area (Å²) < 4.78 is 7.25. The summed E-state index contributed by atoms with van der Waals surface area (Å²) in [5.41, 5.74) is -0.0640. The second-order valence-corrected chi connectivity index (χ2v) is 6.64. The van der Waals surface area contributed by atoms with Crippen LogP contribution in [0.3, 0.4) is 0 Å². The maximum Gasteiger partial charge on any atom is 0.306 e. The first-order valence-corrected chi connectivity index (χ1v) is 8.68. The lowest BCUT2D eigenvalue weighted by Gasteiger charge is -2.30. The van der Waals surface area contributed by atoms with Gasteiger partial charge in [-0.3, -0.25) is 19.7 Å². The van der Waals surface area contributed by atoms with Crippen molar-refractivity contribution in [3.05, 3.63) is 46.2 Å². The molecule has 3 rings (SSSR count). The number of aliphatic hydroxyl groups excluding tert-OH is 1. The van der Waals surface area contributed by atoms with Gasteiger partial charge in [0.1, 0.15) is 23.9 Å². The first-order valence-electron chi connectivity index (χ1n) is 8.68. The fourth-order valence-corrected chi connectivity index (χ4v) is 3.43. The lowest BCUT2D eigenvalue weighted by molar-refractivity contribution is -0.385. The molecule has 2 atom stereocenters. The molecular formula is C17H24N4O4. The Morgan fingerprint density at radius 3 is 2.92 bits per heavy atom. The Bertz CT molecular complexity index is 711. The van der Waals surface area contributed by atoms with Gasteiger partial charge in [-0.15, -0.1) is 0 Å². The molecule has 3 heterocycles. The summed E-state index contributed by atoms with van der Waals surface area (Å²) in [7, 11) is 0. The van der Waals surface area contributed by atoms with Gasteiger partial charge < -0.3 is 9.52 Å². The molecule has 1 saturated heterocycles. The van der Waals surface area contributed by atoms with E-state index in [1.807, 2.05) is 19.1 Å². The predicted molar refractivity (Wildman–Crippen MR) is 91.1 cm³/mol. The third-order valence-corrected chi connectivity index (χ3v) is 4.63. The Morgan fingerprint density at radius 2 is 2.24 bits per heavy atom. The molecule has 2 aromatic rings. The average Bonchev–Trinajstić information content (AvgIpc) is 3.13. The van der Waals surface area contributed by atoms with Crippen molar-refractivity contribution in [2.24, 2.45) is 0 Å². The molecule has 25 heavy (non-hydrogen) atoms. The minimum atomic E-state index is -0.656. The monoisotopic (exact) mass is 348 g/mol. The average molecular weight is 348 g/mol. The van der Waals surface area contributed by atoms with Crippen molar-refractivity contribution >= 4 is 5.69 Å². The van der Waals surface area contributed by atoms with E-state index in [9.17, 15) is 15.2 Å². The fourth-order valence-electron chi connectivity index (χ4n) is 3.43. The Labute approximate surface area is 146 Å². The zero-order valence-corrected chi connectivity index (χ0v) is 14.4. The summed E-state index contributed by atoms with van der Waals surface area (Å²) in [5, 5.41) is 25.1. The van der Waals surface area contributed by atoms with Gasteiger partial charge in [0.05, 0.1) is 23.6 Å². The summed E-state index contributed by atoms with van der Waals surface area (Å²) in [6, 6.07) is 4.15. The molecule has 2 aromatic heterocycles. The molecule has 0 aromatic carbocycles. The van der Waals surface area contributed by atoms with E-state index < -0.39 is 11.0 Å². The molecule has 0 bridgehead atoms. The summed E-state index contributed by atoms with van der Waals surface area (Å²) in [6.07, 6.45) is 6.31. The van der Waals surface area contributed by atoms with Crippen LogP contribution in [0.2, 0.25) is 0 Å². The second kappa shape index (κ2) is 7.79. The second-order valence-electron chi connectivity index (χ2n) is 6.64. The predicted octanol–water partition coefficient (Wildman–Crippen LogP) is 2.67. The van der Waals surface area contributed by atoms with Crippen LogP contribution in [0, 0.1) is 17.0 Å². The van der Waals surface area contributed by atoms with Crippen LogP contribution >= 0.6 is 0 Å². The van der Waals surface area contributed by atoms with Crippen molar-refractivity contribution in [2.45, 2.75) is 51.3 Å². The normalized spacial score (nSPS) is 20.3. The molecular weight excluding hydrogens is 324 g/mol. The van der Waals surface area contributed by atoms with E-state index in [0.29, 0.717) is 6.54 Å². The standard InChI is InChI=1S/C17H24N4O4/c1-13-6-7-17(25-13)16-5-3-2-4-8-19(16)11-15(22)12-20-10-14(9-18-20)21(23)24/h6-7,9-10,15-16,22H,2-5,8,11-12H2,1H3/t15-,16+/m0/s1. The smallest absolute Gasteiger partial charge is 0.306 e. The number of rotatable bonds is 6. The number of aromatic nitrogens is 2. The van der Waals surface area contributed by atoms with E-state index in [1.165, 1.54) is 23.5 Å². The summed E-state index contributed by atoms with van der Waals surface area (Å²) in [6.45, 7) is 3.55. The van der Waals surface area contributed by atoms with Gasteiger partial charge in [-0.2, -0.15) is 5.10 Å². The Kier molecular flexibility index (Phi) is 5.50. The molecule has 1 N–H and O–H groups in total. The highest BCUT2D eigenvalue weighted by Crippen LogP contribution is 2.31. The van der Waals surface area contributed by atoms with Gasteiger partial charge in [-0.25, -0.2) is 0 Å². The molecule has 0 unspecified atom stereocenters. The van der Waals surface area contributed by atoms with Crippen LogP contribution < -0.4 is 0 Å². The van der Waals surface area contributed by atoms with Crippen molar-refractivity contribution in [3.63, 3.8) is 0 Å². The van der Waals surface area contributed by atoms with Gasteiger partial charge in [0.15, 0.2) is 0 Å². The number of hydrogen-bond acceptors (Lipinski definition) is 6. The number of furan rings is 1. The number of aliphatic hydroxyl groups is 1. The molecule has 0 aliphatic carbocycles. The highest BCUT2D eigenvalue weighted by molar-refractivity contribution is 5.20. The van der Waals surface area contributed by atoms with Crippen LogP contribution in [0.5, 0.6) is 0 Å². The van der Waals surface area contributed by atoms with E-state index in [2.05, 4.69) is 10.00 Å². The molecule has 136 valence electrons. The third-order valence-electron chi connectivity index (χ3n) is 4.63. The van der Waals surface area contributed by atoms with Gasteiger partial charge in [0, 0.05) is 6.54 Å². The topological polar surface area (TPSA) is 97.6 Å². The lowest BCUT2D eigenvalue weighted by atomic mass is 10.1. The molecule has 1 aliphatic heterocycles. The minimum absolute atomic E-state index is 0.0640. The molecule has 0 amide bonds. The number of nitrogens with zero attached hydrogens (tertiary/aromatic N) is 4. The highest BCUT2D eigenvalue weighted by atomic mass is 16.6. The zero-order valence-electron chi connectivity index (χ0n) is 14.4. The maximum atomic E-state index is 10.7. The van der Waals surface area contributed by atoms with Crippen LogP contribution in [0.15, 0.2) is 28.9 Å². The molecule has 0 radical (unpaired) electrons. The van der Waals surface area contributed by atoms with Crippen molar-refractivity contribution in [1.29, 1.82) is 0 Å². The molecule has 8 nitrogen and oxygen atoms in total. The molecule has 0 saturated carbocycles. The van der Waals surface area contributed by atoms with E-state index >= 15 is 0 Å². The Morgan fingerprint density at radius 1 is 1.40 bits per heavy atom. The molecule has 8 heteroatoms. The van der Waals surface area contributed by atoms with E-state index in [4.69, 9.17) is 4.42 Å². The minimum Gasteiger partial charge on any atom is -0.465 e. The van der Waals surface area contributed by atoms with Crippen molar-refractivity contribution in [2.75, 3.05) is 13.1 Å². The van der Waals surface area contributed by atoms with Gasteiger partial charge in [-0.1, -0.05) is 12.8 Å². The third kappa shape index (κ3) is 4.46. The number of hydrogen-bond donors (Lipinski definition) is 1. The number of β-amino-alcohol motifs (C(OH)–C–C–N with tert-alkyl or cyclic N) is 1. The van der Waals surface area contributed by atoms with Crippen LogP contribution in [0.4, 0.5) is 5.69 Å². The van der Waals surface area contributed by atoms with Crippen LogP contribution in [-0.4, -0.2) is 43.9 Å². The Balaban J connectivity index is 1.65. The molecule has 1 aliphatic rings. The van der Waals surface area contributed by atoms with Gasteiger partial charge >= 0.3 is 5.69 Å². The van der Waals surface area contributed by atoms with Gasteiger partial charge in [0.2, 0.25) is 0 Å². The van der Waals surface area contributed by atoms with Crippen LogP contribution in [-0.2, 0) is 6.54 Å². The lowest BCUT2D eigenvalue weighted by Crippen LogP contribution is -2.37. The van der Waals surface area contributed by atoms with Crippen molar-refractivity contribution < 1.29 is 14.4 Å². The van der Waals surface area contributed by atoms with E-state index in [-0.39, 0.29) is 18.3 Å². The number of nitro groups is 1. The molecule has 1 fully saturated rings. The van der Waals surface area contributed by atoms with Gasteiger partial charge in [-0.05, 0) is 38.4 Å². The molecule has 0 spiro atoms. The summed E-state index contributed by atoms with van der Waals surface area (Å²) in [5.74, 6) is 1.84. The first kappa shape index (κ1) is 17.6. The van der Waals surface area contributed by atoms with Crippen molar-refractivity contribution in [1.82, 2.24) is 14.7 Å². The number of aryl methyl sites for hydroxylation is 1. The van der Waals surface area contributed by atoms with Gasteiger partial charge in [0.25, 0.3) is 0 Å². The Hall–Kier alpha value is -2.19. The summed E-state index contributed by atoms with van der Waals surface area (Å²) >= 11 is 0. The zero-order chi connectivity index (χ0) is 17.8. The number of likely N-dealkylation sites (tertiary alicyclic amines) is 1. The van der Waals surface area contributed by atoms with E-state index in [0.717, 1.165) is 37.3 Å². The highest BCUT2D eigenvalue weighted by Gasteiger charge is 2.27. The van der Waals surface area contributed by atoms with Crippen LogP contribution in [0.25, 0.3) is 0 Å². The quantitative estimate of drug-likeness (QED) is 0.637.